The molecule has 4 N–H and O–H groups in total. The largest absolute Gasteiger partial charge is 0.497 e. The lowest BCUT2D eigenvalue weighted by molar-refractivity contribution is 0.0281. The number of sulfonamides is 1. The van der Waals surface area contributed by atoms with Crippen molar-refractivity contribution in [3.63, 3.8) is 0 Å². The Morgan fingerprint density at radius 3 is 1.85 bits per heavy atom. The van der Waals surface area contributed by atoms with Crippen molar-refractivity contribution in [1.82, 2.24) is 39.7 Å². The number of anilines is 2. The van der Waals surface area contributed by atoms with Crippen LogP contribution in [0.5, 0.6) is 17.2 Å². The van der Waals surface area contributed by atoms with Gasteiger partial charge in [0.05, 0.1) is 56.1 Å². The number of tetrazole rings is 1. The number of carbonyl (C=O) groups excluding carboxylic acids is 2. The van der Waals surface area contributed by atoms with Crippen LogP contribution in [0.4, 0.5) is 20.4 Å². The van der Waals surface area contributed by atoms with Crippen LogP contribution in [0.2, 0.25) is 0 Å². The lowest BCUT2D eigenvalue weighted by Crippen LogP contribution is -2.53. The molecule has 384 valence electrons. The molecule has 1 fully saturated rings. The summed E-state index contributed by atoms with van der Waals surface area (Å²) < 4.78 is 88.4. The summed E-state index contributed by atoms with van der Waals surface area (Å²) in [7, 11) is -0.366. The van der Waals surface area contributed by atoms with Crippen molar-refractivity contribution >= 4 is 55.6 Å². The molecule has 1 aliphatic heterocycles. The van der Waals surface area contributed by atoms with Crippen LogP contribution >= 0.6 is 11.3 Å². The highest BCUT2D eigenvalue weighted by Crippen LogP contribution is 2.46. The number of nitrogens with one attached hydrogen (secondary N) is 1. The van der Waals surface area contributed by atoms with E-state index in [0.29, 0.717) is 33.3 Å². The first-order chi connectivity index (χ1) is 34.0. The summed E-state index contributed by atoms with van der Waals surface area (Å²) in [5.74, 6) is 1.54. The molecule has 1 saturated heterocycles. The molecule has 6 aromatic rings. The molecule has 0 aliphatic carbocycles. The first kappa shape index (κ1) is 53.0. The predicted octanol–water partition coefficient (Wildman–Crippen LogP) is 6.97. The van der Waals surface area contributed by atoms with Crippen LogP contribution < -0.4 is 29.6 Å². The van der Waals surface area contributed by atoms with Crippen LogP contribution in [0.3, 0.4) is 0 Å². The number of benzene rings is 4. The molecule has 0 spiro atoms. The van der Waals surface area contributed by atoms with E-state index in [2.05, 4.69) is 20.6 Å². The number of methoxy groups -OCH3 is 3. The molecular formula is C48H58N10O11S3. The second-order valence-electron chi connectivity index (χ2n) is 18.6. The first-order valence-corrected chi connectivity index (χ1v) is 25.8. The van der Waals surface area contributed by atoms with Gasteiger partial charge in [0.25, 0.3) is 11.3 Å². The van der Waals surface area contributed by atoms with Crippen molar-refractivity contribution in [2.24, 2.45) is 0 Å². The molecule has 72 heavy (non-hydrogen) atoms. The molecule has 2 amide bonds. The van der Waals surface area contributed by atoms with E-state index in [-0.39, 0.29) is 60.5 Å². The number of nitrogen functional groups attached to an aromatic ring is 1. The lowest BCUT2D eigenvalue weighted by Gasteiger charge is -2.34. The maximum Gasteiger partial charge on any atom is 0.410 e. The number of rotatable bonds is 17. The van der Waals surface area contributed by atoms with E-state index in [1.807, 2.05) is 12.1 Å². The maximum absolute atomic E-state index is 16.4. The number of alkyl carbamates (subject to hydrolysis) is 1. The van der Waals surface area contributed by atoms with Crippen molar-refractivity contribution in [3.05, 3.63) is 108 Å². The lowest BCUT2D eigenvalue weighted by atomic mass is 10.0. The summed E-state index contributed by atoms with van der Waals surface area (Å²) >= 11 is -2.01. The minimum atomic E-state index is -4.96. The SMILES string of the molecule is COc1ccc(CN(Cc2ccc(OC)cc2)S(=O)(=O)c2c(N([C@H]3CN(C(=O)OC(C)(C)C)C[C@@H]3NC(=O)OC(C)(C)C)S(=O)O)ccc(-c3cnc(N)s3)c2-c2nnn(Cc3ccc(OC)cc3)n2)cc1. The average Bonchev–Trinajstić information content (AvgIpc) is 4.08. The van der Waals surface area contributed by atoms with Gasteiger partial charge in [0.2, 0.25) is 15.8 Å². The Hall–Kier alpha value is -6.86. The monoisotopic (exact) mass is 1050 g/mol. The van der Waals surface area contributed by atoms with Crippen molar-refractivity contribution in [2.45, 2.75) is 89.4 Å². The van der Waals surface area contributed by atoms with Gasteiger partial charge in [-0.3, -0.25) is 8.86 Å². The summed E-state index contributed by atoms with van der Waals surface area (Å²) in [4.78, 5) is 34.1. The van der Waals surface area contributed by atoms with Gasteiger partial charge in [-0.2, -0.15) is 9.10 Å². The highest BCUT2D eigenvalue weighted by molar-refractivity contribution is 7.89. The van der Waals surface area contributed by atoms with E-state index in [1.165, 1.54) is 40.5 Å². The fourth-order valence-electron chi connectivity index (χ4n) is 7.85. The van der Waals surface area contributed by atoms with Crippen molar-refractivity contribution in [2.75, 3.05) is 44.5 Å². The Kier molecular flexibility index (Phi) is 16.1. The van der Waals surface area contributed by atoms with E-state index in [4.69, 9.17) is 34.5 Å². The van der Waals surface area contributed by atoms with Crippen molar-refractivity contribution < 1.29 is 50.5 Å². The summed E-state index contributed by atoms with van der Waals surface area (Å²) in [5.41, 5.74) is 6.05. The van der Waals surface area contributed by atoms with E-state index < -0.39 is 61.7 Å². The quantitative estimate of drug-likeness (QED) is 0.0780. The fraction of sp³-hybridized carbons (Fsp3) is 0.375. The van der Waals surface area contributed by atoms with Gasteiger partial charge in [0.1, 0.15) is 33.3 Å². The molecule has 7 rings (SSSR count). The Morgan fingerprint density at radius 2 is 1.36 bits per heavy atom. The van der Waals surface area contributed by atoms with Gasteiger partial charge < -0.3 is 39.6 Å². The summed E-state index contributed by atoms with van der Waals surface area (Å²) in [6.07, 6.45) is -0.192. The van der Waals surface area contributed by atoms with Crippen LogP contribution in [0, 0.1) is 0 Å². The molecule has 1 unspecified atom stereocenters. The van der Waals surface area contributed by atoms with Crippen LogP contribution in [-0.4, -0.2) is 121 Å². The number of amides is 2. The van der Waals surface area contributed by atoms with Gasteiger partial charge in [-0.1, -0.05) is 53.8 Å². The van der Waals surface area contributed by atoms with E-state index in [9.17, 15) is 18.4 Å². The van der Waals surface area contributed by atoms with Crippen molar-refractivity contribution in [1.29, 1.82) is 0 Å². The number of nitrogens with zero attached hydrogens (tertiary/aromatic N) is 8. The number of likely N-dealkylation sites (tertiary alicyclic amines) is 1. The molecule has 0 saturated carbocycles. The minimum absolute atomic E-state index is 0.107. The van der Waals surface area contributed by atoms with Crippen LogP contribution in [0.15, 0.2) is 96.0 Å². The third kappa shape index (κ3) is 12.8. The molecule has 4 aromatic carbocycles. The van der Waals surface area contributed by atoms with Crippen LogP contribution in [0.25, 0.3) is 21.8 Å². The third-order valence-corrected chi connectivity index (χ3v) is 14.6. The number of carbonyl (C=O) groups is 2. The number of ether oxygens (including phenoxy) is 5. The summed E-state index contributed by atoms with van der Waals surface area (Å²) in [6, 6.07) is 21.4. The molecule has 0 radical (unpaired) electrons. The number of nitrogens with two attached hydrogens (primary N) is 1. The second-order valence-corrected chi connectivity index (χ2v) is 22.4. The molecular weight excluding hydrogens is 989 g/mol. The van der Waals surface area contributed by atoms with E-state index >= 15 is 8.42 Å². The van der Waals surface area contributed by atoms with E-state index in [1.54, 1.807) is 115 Å². The molecule has 2 aromatic heterocycles. The topological polar surface area (TPSA) is 256 Å². The smallest absolute Gasteiger partial charge is 0.410 e. The Bertz CT molecular complexity index is 2940. The van der Waals surface area contributed by atoms with Gasteiger partial charge in [0.15, 0.2) is 5.13 Å². The molecule has 3 heterocycles. The second kappa shape index (κ2) is 21.9. The number of hydrogen-bond acceptors (Lipinski definition) is 16. The summed E-state index contributed by atoms with van der Waals surface area (Å²) in [5, 5.41) is 16.5. The Labute approximate surface area is 424 Å². The molecule has 3 atom stereocenters. The number of aromatic nitrogens is 5. The minimum Gasteiger partial charge on any atom is -0.497 e. The fourth-order valence-corrected chi connectivity index (χ4v) is 11.2. The molecule has 21 nitrogen and oxygen atoms in total. The van der Waals surface area contributed by atoms with Gasteiger partial charge >= 0.3 is 12.2 Å². The predicted molar refractivity (Wildman–Crippen MR) is 271 cm³/mol. The highest BCUT2D eigenvalue weighted by atomic mass is 32.2. The normalized spacial score (nSPS) is 15.5. The summed E-state index contributed by atoms with van der Waals surface area (Å²) in [6.45, 7) is 9.21. The zero-order valence-electron chi connectivity index (χ0n) is 41.3. The van der Waals surface area contributed by atoms with Gasteiger partial charge in [-0.05, 0) is 106 Å². The average molecular weight is 1050 g/mol. The number of thiazole rings is 1. The molecule has 1 aliphatic rings. The Balaban J connectivity index is 1.50. The van der Waals surface area contributed by atoms with E-state index in [0.717, 1.165) is 21.2 Å². The molecule has 0 bridgehead atoms. The van der Waals surface area contributed by atoms with Gasteiger partial charge in [-0.15, -0.1) is 10.2 Å². The first-order valence-electron chi connectivity index (χ1n) is 22.5. The number of hydrogen-bond donors (Lipinski definition) is 3. The zero-order chi connectivity index (χ0) is 52.1. The highest BCUT2D eigenvalue weighted by Gasteiger charge is 2.46. The van der Waals surface area contributed by atoms with Crippen LogP contribution in [0.1, 0.15) is 58.2 Å². The van der Waals surface area contributed by atoms with Gasteiger partial charge in [-0.25, -0.2) is 27.2 Å². The Morgan fingerprint density at radius 1 is 0.819 bits per heavy atom. The zero-order valence-corrected chi connectivity index (χ0v) is 43.7. The third-order valence-electron chi connectivity index (χ3n) is 11.1. The molecule has 24 heteroatoms. The maximum atomic E-state index is 16.4. The van der Waals surface area contributed by atoms with Gasteiger partial charge in [0, 0.05) is 37.9 Å². The van der Waals surface area contributed by atoms with Crippen LogP contribution in [-0.2, 0) is 50.4 Å². The van der Waals surface area contributed by atoms with Crippen molar-refractivity contribution in [3.8, 4) is 39.1 Å². The standard InChI is InChI=1S/C48H58N10O11S3/c1-47(2,3)68-45(59)51-37-28-55(46(60)69-48(4,5)6)29-39(37)58(71(61)62)38-23-22-36(40-24-50-44(49)70-40)41(43-52-54-57(53-43)27-32-14-20-35(67-9)21-15-32)42(38)72(63,64)56(25-30-10-16-33(65-7)17-11-30)26-31-12-18-34(66-8)19-13-31/h10-24,37,39H,25-29H2,1-9H3,(H2,49,50)(H,51,59)(H,61,62)/t37-,39-/m0/s1.